The number of nitrogens with one attached hydrogen (secondary N) is 1. The Labute approximate surface area is 160 Å². The van der Waals surface area contributed by atoms with Crippen molar-refractivity contribution in [3.63, 3.8) is 0 Å². The lowest BCUT2D eigenvalue weighted by Gasteiger charge is -2.09. The van der Waals surface area contributed by atoms with Crippen LogP contribution in [-0.4, -0.2) is 26.8 Å². The SMILES string of the molecule is CC(C)CCNCc1cccc(Oc2nnnn2-c2ccccc2)c1.[Cl-]. The number of aromatic nitrogens is 4. The first-order valence-corrected chi connectivity index (χ1v) is 8.53. The number of hydrogen-bond donors (Lipinski definition) is 1. The van der Waals surface area contributed by atoms with Gasteiger partial charge in [0.1, 0.15) is 5.75 Å². The molecular weight excluding hydrogens is 350 g/mol. The second kappa shape index (κ2) is 9.89. The molecule has 3 rings (SSSR count). The lowest BCUT2D eigenvalue weighted by molar-refractivity contribution is -0.00000614. The van der Waals surface area contributed by atoms with Crippen LogP contribution in [0.1, 0.15) is 25.8 Å². The number of halogens is 1. The van der Waals surface area contributed by atoms with Crippen molar-refractivity contribution in [3.05, 3.63) is 60.2 Å². The van der Waals surface area contributed by atoms with E-state index in [0.29, 0.717) is 11.9 Å². The standard InChI is InChI=1S/C19H23N5O.ClH/c1-15(2)11-12-20-14-16-7-6-10-18(13-16)25-19-21-22-23-24(19)17-8-4-3-5-9-17;/h3-10,13,15,20H,11-12,14H2,1-2H3;1H/p-1. The third-order valence-electron chi connectivity index (χ3n) is 3.78. The van der Waals surface area contributed by atoms with E-state index in [0.717, 1.165) is 24.5 Å². The number of tetrazole rings is 1. The van der Waals surface area contributed by atoms with E-state index in [1.807, 2.05) is 48.5 Å². The summed E-state index contributed by atoms with van der Waals surface area (Å²) >= 11 is 0. The Bertz CT molecular complexity index is 791. The van der Waals surface area contributed by atoms with E-state index in [2.05, 4.69) is 40.8 Å². The van der Waals surface area contributed by atoms with Gasteiger partial charge in [-0.25, -0.2) is 0 Å². The molecule has 1 heterocycles. The summed E-state index contributed by atoms with van der Waals surface area (Å²) in [6.45, 7) is 6.28. The Hall–Kier alpha value is -2.44. The first-order chi connectivity index (χ1) is 12.2. The summed E-state index contributed by atoms with van der Waals surface area (Å²) in [5.74, 6) is 1.43. The molecule has 0 unspecified atom stereocenters. The molecule has 3 aromatic rings. The maximum Gasteiger partial charge on any atom is 0.345 e. The van der Waals surface area contributed by atoms with Crippen molar-refractivity contribution in [2.75, 3.05) is 6.54 Å². The maximum atomic E-state index is 5.89. The fourth-order valence-corrected chi connectivity index (χ4v) is 2.42. The number of ether oxygens (including phenoxy) is 1. The van der Waals surface area contributed by atoms with Gasteiger partial charge in [-0.3, -0.25) is 0 Å². The predicted octanol–water partition coefficient (Wildman–Crippen LogP) is 0.594. The lowest BCUT2D eigenvalue weighted by Crippen LogP contribution is -3.00. The smallest absolute Gasteiger partial charge is 0.345 e. The van der Waals surface area contributed by atoms with Crippen LogP contribution >= 0.6 is 0 Å². The molecular formula is C19H23ClN5O-. The highest BCUT2D eigenvalue weighted by atomic mass is 35.5. The zero-order chi connectivity index (χ0) is 17.5. The van der Waals surface area contributed by atoms with Crippen LogP contribution in [0.25, 0.3) is 5.69 Å². The monoisotopic (exact) mass is 372 g/mol. The van der Waals surface area contributed by atoms with Gasteiger partial charge in [0.15, 0.2) is 0 Å². The Morgan fingerprint density at radius 3 is 2.65 bits per heavy atom. The van der Waals surface area contributed by atoms with Crippen LogP contribution < -0.4 is 22.5 Å². The molecule has 1 N–H and O–H groups in total. The summed E-state index contributed by atoms with van der Waals surface area (Å²) < 4.78 is 7.47. The van der Waals surface area contributed by atoms with Gasteiger partial charge in [0.25, 0.3) is 0 Å². The van der Waals surface area contributed by atoms with Crippen molar-refractivity contribution in [1.29, 1.82) is 0 Å². The Morgan fingerprint density at radius 2 is 1.88 bits per heavy atom. The van der Waals surface area contributed by atoms with E-state index in [1.165, 1.54) is 12.0 Å². The summed E-state index contributed by atoms with van der Waals surface area (Å²) in [5.41, 5.74) is 2.02. The molecule has 0 amide bonds. The topological polar surface area (TPSA) is 64.9 Å². The van der Waals surface area contributed by atoms with Crippen molar-refractivity contribution < 1.29 is 17.1 Å². The third-order valence-corrected chi connectivity index (χ3v) is 3.78. The minimum atomic E-state index is 0. The van der Waals surface area contributed by atoms with E-state index < -0.39 is 0 Å². The number of para-hydroxylation sites is 1. The summed E-state index contributed by atoms with van der Waals surface area (Å²) in [6, 6.07) is 18.0. The molecule has 6 nitrogen and oxygen atoms in total. The van der Waals surface area contributed by atoms with Crippen molar-refractivity contribution in [2.24, 2.45) is 5.92 Å². The second-order valence-corrected chi connectivity index (χ2v) is 6.32. The van der Waals surface area contributed by atoms with E-state index in [4.69, 9.17) is 4.74 Å². The van der Waals surface area contributed by atoms with Crippen LogP contribution in [0.3, 0.4) is 0 Å². The molecule has 0 spiro atoms. The summed E-state index contributed by atoms with van der Waals surface area (Å²) in [6.07, 6.45) is 1.17. The first-order valence-electron chi connectivity index (χ1n) is 8.53. The third kappa shape index (κ3) is 5.54. The minimum absolute atomic E-state index is 0. The highest BCUT2D eigenvalue weighted by Crippen LogP contribution is 2.22. The summed E-state index contributed by atoms with van der Waals surface area (Å²) in [7, 11) is 0. The molecule has 0 saturated carbocycles. The zero-order valence-electron chi connectivity index (χ0n) is 15.0. The van der Waals surface area contributed by atoms with Crippen LogP contribution in [-0.2, 0) is 6.54 Å². The maximum absolute atomic E-state index is 5.89. The van der Waals surface area contributed by atoms with E-state index in [-0.39, 0.29) is 12.4 Å². The molecule has 2 aromatic carbocycles. The molecule has 0 aliphatic rings. The first kappa shape index (κ1) is 19.9. The average molecular weight is 373 g/mol. The average Bonchev–Trinajstić information content (AvgIpc) is 3.08. The van der Waals surface area contributed by atoms with Gasteiger partial charge in [-0.15, -0.1) is 0 Å². The molecule has 0 saturated heterocycles. The van der Waals surface area contributed by atoms with Crippen LogP contribution in [0.4, 0.5) is 0 Å². The van der Waals surface area contributed by atoms with Crippen molar-refractivity contribution >= 4 is 0 Å². The van der Waals surface area contributed by atoms with Gasteiger partial charge >= 0.3 is 6.01 Å². The Morgan fingerprint density at radius 1 is 1.08 bits per heavy atom. The molecule has 7 heteroatoms. The molecule has 0 fully saturated rings. The fourth-order valence-electron chi connectivity index (χ4n) is 2.42. The van der Waals surface area contributed by atoms with Crippen molar-refractivity contribution in [3.8, 4) is 17.4 Å². The van der Waals surface area contributed by atoms with Crippen molar-refractivity contribution in [1.82, 2.24) is 25.5 Å². The van der Waals surface area contributed by atoms with E-state index in [1.54, 1.807) is 4.68 Å². The number of benzene rings is 2. The number of hydrogen-bond acceptors (Lipinski definition) is 5. The zero-order valence-corrected chi connectivity index (χ0v) is 15.7. The number of rotatable bonds is 8. The lowest BCUT2D eigenvalue weighted by atomic mass is 10.1. The Kier molecular flexibility index (Phi) is 7.56. The molecule has 138 valence electrons. The van der Waals surface area contributed by atoms with E-state index in [9.17, 15) is 0 Å². The van der Waals surface area contributed by atoms with Crippen LogP contribution in [0.15, 0.2) is 54.6 Å². The summed E-state index contributed by atoms with van der Waals surface area (Å²) in [5, 5.41) is 15.2. The molecule has 0 radical (unpaired) electrons. The van der Waals surface area contributed by atoms with Gasteiger partial charge in [-0.2, -0.15) is 4.68 Å². The van der Waals surface area contributed by atoms with Gasteiger partial charge < -0.3 is 22.5 Å². The van der Waals surface area contributed by atoms with Crippen LogP contribution in [0.2, 0.25) is 0 Å². The van der Waals surface area contributed by atoms with Gasteiger partial charge in [-0.05, 0) is 59.1 Å². The molecule has 0 atom stereocenters. The largest absolute Gasteiger partial charge is 1.00 e. The minimum Gasteiger partial charge on any atom is -1.00 e. The summed E-state index contributed by atoms with van der Waals surface area (Å²) in [4.78, 5) is 0. The van der Waals surface area contributed by atoms with Gasteiger partial charge in [0.2, 0.25) is 0 Å². The van der Waals surface area contributed by atoms with Gasteiger partial charge in [0, 0.05) is 6.54 Å². The highest BCUT2D eigenvalue weighted by Gasteiger charge is 2.10. The molecule has 0 aliphatic heterocycles. The van der Waals surface area contributed by atoms with Gasteiger partial charge in [0.05, 0.1) is 5.69 Å². The highest BCUT2D eigenvalue weighted by molar-refractivity contribution is 5.34. The predicted molar refractivity (Wildman–Crippen MR) is 96.8 cm³/mol. The van der Waals surface area contributed by atoms with Crippen molar-refractivity contribution in [2.45, 2.75) is 26.8 Å². The molecule has 0 bridgehead atoms. The van der Waals surface area contributed by atoms with Crippen LogP contribution in [0.5, 0.6) is 11.8 Å². The van der Waals surface area contributed by atoms with Gasteiger partial charge in [-0.1, -0.05) is 49.3 Å². The number of nitrogens with zero attached hydrogens (tertiary/aromatic N) is 4. The normalized spacial score (nSPS) is 10.6. The van der Waals surface area contributed by atoms with E-state index >= 15 is 0 Å². The Balaban J connectivity index is 0.00000243. The molecule has 1 aromatic heterocycles. The van der Waals surface area contributed by atoms with Crippen LogP contribution in [0, 0.1) is 5.92 Å². The second-order valence-electron chi connectivity index (χ2n) is 6.32. The fraction of sp³-hybridized carbons (Fsp3) is 0.316. The molecule has 26 heavy (non-hydrogen) atoms. The quantitative estimate of drug-likeness (QED) is 0.586. The molecule has 0 aliphatic carbocycles.